The third-order valence-electron chi connectivity index (χ3n) is 4.39. The fraction of sp³-hybridized carbons (Fsp3) is 1.00. The predicted octanol–water partition coefficient (Wildman–Crippen LogP) is 0.519. The van der Waals surface area contributed by atoms with Crippen LogP contribution in [0.1, 0.15) is 26.7 Å². The van der Waals surface area contributed by atoms with Crippen molar-refractivity contribution in [1.82, 2.24) is 9.80 Å². The molecule has 0 amide bonds. The molecule has 0 aliphatic carbocycles. The van der Waals surface area contributed by atoms with E-state index in [1.807, 2.05) is 0 Å². The molecule has 2 rings (SSSR count). The summed E-state index contributed by atoms with van der Waals surface area (Å²) in [4.78, 5) is 5.00. The van der Waals surface area contributed by atoms with Crippen molar-refractivity contribution in [1.29, 1.82) is 0 Å². The maximum atomic E-state index is 6.10. The summed E-state index contributed by atoms with van der Waals surface area (Å²) in [6, 6.07) is 0. The zero-order chi connectivity index (χ0) is 12.5. The Morgan fingerprint density at radius 3 is 2.18 bits per heavy atom. The summed E-state index contributed by atoms with van der Waals surface area (Å²) in [7, 11) is 2.20. The topological polar surface area (TPSA) is 41.7 Å². The molecule has 2 aliphatic heterocycles. The van der Waals surface area contributed by atoms with Gasteiger partial charge in [-0.2, -0.15) is 0 Å². The van der Waals surface area contributed by atoms with E-state index in [4.69, 9.17) is 10.5 Å². The molecule has 0 unspecified atom stereocenters. The number of hydrogen-bond donors (Lipinski definition) is 1. The second-order valence-corrected chi connectivity index (χ2v) is 5.89. The molecule has 2 atom stereocenters. The number of hydrogen-bond acceptors (Lipinski definition) is 4. The van der Waals surface area contributed by atoms with Gasteiger partial charge in [0.05, 0.1) is 12.2 Å². The molecule has 0 aromatic carbocycles. The highest BCUT2D eigenvalue weighted by Gasteiger charge is 2.40. The number of rotatable bonds is 2. The Balaban J connectivity index is 2.06. The summed E-state index contributed by atoms with van der Waals surface area (Å²) in [5, 5.41) is 0. The number of nitrogens with two attached hydrogens (primary N) is 1. The molecule has 0 radical (unpaired) electrons. The largest absolute Gasteiger partial charge is 0.373 e. The van der Waals surface area contributed by atoms with Crippen LogP contribution >= 0.6 is 0 Å². The predicted molar refractivity (Wildman–Crippen MR) is 70.1 cm³/mol. The van der Waals surface area contributed by atoms with Gasteiger partial charge in [-0.25, -0.2) is 0 Å². The van der Waals surface area contributed by atoms with Crippen LogP contribution in [-0.2, 0) is 4.74 Å². The highest BCUT2D eigenvalue weighted by Crippen LogP contribution is 2.30. The third kappa shape index (κ3) is 2.81. The lowest BCUT2D eigenvalue weighted by atomic mass is 9.85. The maximum absolute atomic E-state index is 6.10. The first-order valence-electron chi connectivity index (χ1n) is 6.85. The Kier molecular flexibility index (Phi) is 4.08. The van der Waals surface area contributed by atoms with E-state index in [2.05, 4.69) is 30.7 Å². The van der Waals surface area contributed by atoms with Gasteiger partial charge in [-0.3, -0.25) is 4.90 Å². The quantitative estimate of drug-likeness (QED) is 0.765. The monoisotopic (exact) mass is 241 g/mol. The minimum Gasteiger partial charge on any atom is -0.373 e. The number of likely N-dealkylation sites (tertiary alicyclic amines) is 1. The highest BCUT2D eigenvalue weighted by atomic mass is 16.5. The van der Waals surface area contributed by atoms with Crippen LogP contribution in [0.5, 0.6) is 0 Å². The van der Waals surface area contributed by atoms with Gasteiger partial charge in [0.25, 0.3) is 0 Å². The van der Waals surface area contributed by atoms with E-state index in [1.54, 1.807) is 0 Å². The van der Waals surface area contributed by atoms with E-state index in [9.17, 15) is 0 Å². The van der Waals surface area contributed by atoms with Gasteiger partial charge in [0.15, 0.2) is 0 Å². The van der Waals surface area contributed by atoms with E-state index >= 15 is 0 Å². The Morgan fingerprint density at radius 2 is 1.71 bits per heavy atom. The van der Waals surface area contributed by atoms with Gasteiger partial charge in [-0.15, -0.1) is 0 Å². The molecule has 2 aliphatic rings. The van der Waals surface area contributed by atoms with Crippen LogP contribution in [0.3, 0.4) is 0 Å². The summed E-state index contributed by atoms with van der Waals surface area (Å²) in [5.41, 5.74) is 6.33. The fourth-order valence-electron chi connectivity index (χ4n) is 3.25. The van der Waals surface area contributed by atoms with Gasteiger partial charge in [0.1, 0.15) is 0 Å². The highest BCUT2D eigenvalue weighted by molar-refractivity contribution is 4.98. The smallest absolute Gasteiger partial charge is 0.0678 e. The van der Waals surface area contributed by atoms with Crippen LogP contribution < -0.4 is 5.73 Å². The normalized spacial score (nSPS) is 36.0. The molecule has 2 saturated heterocycles. The molecule has 0 aromatic heterocycles. The van der Waals surface area contributed by atoms with Crippen LogP contribution in [0.15, 0.2) is 0 Å². The van der Waals surface area contributed by atoms with E-state index in [0.29, 0.717) is 12.2 Å². The summed E-state index contributed by atoms with van der Waals surface area (Å²) in [6.07, 6.45) is 3.06. The molecule has 0 spiro atoms. The van der Waals surface area contributed by atoms with Gasteiger partial charge < -0.3 is 15.4 Å². The molecule has 17 heavy (non-hydrogen) atoms. The molecule has 4 nitrogen and oxygen atoms in total. The first-order valence-corrected chi connectivity index (χ1v) is 6.85. The number of piperidine rings is 1. The second-order valence-electron chi connectivity index (χ2n) is 5.89. The van der Waals surface area contributed by atoms with Crippen molar-refractivity contribution in [3.05, 3.63) is 0 Å². The Labute approximate surface area is 105 Å². The zero-order valence-electron chi connectivity index (χ0n) is 11.5. The van der Waals surface area contributed by atoms with Crippen molar-refractivity contribution < 1.29 is 4.74 Å². The summed E-state index contributed by atoms with van der Waals surface area (Å²) in [5.74, 6) is 0. The summed E-state index contributed by atoms with van der Waals surface area (Å²) < 4.78 is 5.82. The van der Waals surface area contributed by atoms with E-state index in [-0.39, 0.29) is 5.54 Å². The lowest BCUT2D eigenvalue weighted by Crippen LogP contribution is -2.63. The lowest BCUT2D eigenvalue weighted by molar-refractivity contribution is -0.110. The van der Waals surface area contributed by atoms with Crippen LogP contribution in [0.4, 0.5) is 0 Å². The summed E-state index contributed by atoms with van der Waals surface area (Å²) >= 11 is 0. The average molecular weight is 241 g/mol. The lowest BCUT2D eigenvalue weighted by Gasteiger charge is -2.51. The van der Waals surface area contributed by atoms with Gasteiger partial charge in [0.2, 0.25) is 0 Å². The molecule has 2 fully saturated rings. The first kappa shape index (κ1) is 13.3. The van der Waals surface area contributed by atoms with Crippen molar-refractivity contribution in [2.75, 3.05) is 39.8 Å². The number of morpholine rings is 1. The number of ether oxygens (including phenoxy) is 1. The third-order valence-corrected chi connectivity index (χ3v) is 4.39. The fourth-order valence-corrected chi connectivity index (χ4v) is 3.25. The molecule has 4 heteroatoms. The van der Waals surface area contributed by atoms with E-state index in [1.165, 1.54) is 12.8 Å². The molecule has 0 aromatic rings. The van der Waals surface area contributed by atoms with Crippen molar-refractivity contribution in [2.24, 2.45) is 5.73 Å². The SMILES string of the molecule is C[C@@H]1CN(C2(CN)CCN(C)CC2)C[C@H](C)O1. The van der Waals surface area contributed by atoms with E-state index < -0.39 is 0 Å². The molecule has 100 valence electrons. The Hall–Kier alpha value is -0.160. The molecule has 0 bridgehead atoms. The summed E-state index contributed by atoms with van der Waals surface area (Å²) in [6.45, 7) is 9.51. The minimum absolute atomic E-state index is 0.221. The maximum Gasteiger partial charge on any atom is 0.0678 e. The van der Waals surface area contributed by atoms with Crippen molar-refractivity contribution in [3.63, 3.8) is 0 Å². The van der Waals surface area contributed by atoms with Crippen molar-refractivity contribution >= 4 is 0 Å². The van der Waals surface area contributed by atoms with Crippen molar-refractivity contribution in [2.45, 2.75) is 44.4 Å². The Morgan fingerprint density at radius 1 is 1.18 bits per heavy atom. The van der Waals surface area contributed by atoms with Gasteiger partial charge in [-0.05, 0) is 46.8 Å². The first-order chi connectivity index (χ1) is 8.05. The van der Waals surface area contributed by atoms with Crippen LogP contribution in [0.25, 0.3) is 0 Å². The standard InChI is InChI=1S/C13H27N3O/c1-11-8-16(9-12(2)17-11)13(10-14)4-6-15(3)7-5-13/h11-12H,4-10,14H2,1-3H3/t11-,12+. The van der Waals surface area contributed by atoms with Gasteiger partial charge in [0, 0.05) is 25.2 Å². The minimum atomic E-state index is 0.221. The Bertz CT molecular complexity index is 241. The van der Waals surface area contributed by atoms with Crippen molar-refractivity contribution in [3.8, 4) is 0 Å². The molecular weight excluding hydrogens is 214 g/mol. The van der Waals surface area contributed by atoms with Gasteiger partial charge in [-0.1, -0.05) is 0 Å². The van der Waals surface area contributed by atoms with E-state index in [0.717, 1.165) is 32.7 Å². The zero-order valence-corrected chi connectivity index (χ0v) is 11.5. The van der Waals surface area contributed by atoms with Crippen LogP contribution in [0.2, 0.25) is 0 Å². The second kappa shape index (κ2) is 5.22. The molecule has 2 heterocycles. The van der Waals surface area contributed by atoms with Crippen LogP contribution in [-0.4, -0.2) is 67.3 Å². The molecule has 2 N–H and O–H groups in total. The molecule has 0 saturated carbocycles. The number of nitrogens with zero attached hydrogens (tertiary/aromatic N) is 2. The van der Waals surface area contributed by atoms with Gasteiger partial charge >= 0.3 is 0 Å². The van der Waals surface area contributed by atoms with Crippen LogP contribution in [0, 0.1) is 0 Å². The molecular formula is C13H27N3O. The average Bonchev–Trinajstić information content (AvgIpc) is 2.29.